The number of nitrogens with zero attached hydrogens (tertiary/aromatic N) is 1. The van der Waals surface area contributed by atoms with E-state index in [0.29, 0.717) is 30.8 Å². The lowest BCUT2D eigenvalue weighted by molar-refractivity contribution is -0.121. The molecule has 2 rings (SSSR count). The molecule has 9 heteroatoms. The Morgan fingerprint density at radius 3 is 2.78 bits per heavy atom. The van der Waals surface area contributed by atoms with Gasteiger partial charge in [-0.15, -0.1) is 11.6 Å². The number of amides is 1. The molecule has 1 aromatic heterocycles. The van der Waals surface area contributed by atoms with Gasteiger partial charge in [-0.3, -0.25) is 19.1 Å². The topological polar surface area (TPSA) is 113 Å². The van der Waals surface area contributed by atoms with Crippen molar-refractivity contribution >= 4 is 17.5 Å². The highest BCUT2D eigenvalue weighted by molar-refractivity contribution is 6.17. The van der Waals surface area contributed by atoms with Crippen LogP contribution in [0.15, 0.2) is 15.8 Å². The van der Waals surface area contributed by atoms with Crippen LogP contribution < -0.4 is 16.6 Å². The van der Waals surface area contributed by atoms with Gasteiger partial charge in [0.05, 0.1) is 12.7 Å². The highest BCUT2D eigenvalue weighted by atomic mass is 35.5. The molecule has 27 heavy (non-hydrogen) atoms. The number of carbonyl (C=O) groups excluding carboxylic acids is 1. The van der Waals surface area contributed by atoms with Crippen LogP contribution in [-0.2, 0) is 16.0 Å². The van der Waals surface area contributed by atoms with Gasteiger partial charge in [-0.2, -0.15) is 0 Å². The van der Waals surface area contributed by atoms with Crippen molar-refractivity contribution < 1.29 is 14.6 Å². The van der Waals surface area contributed by atoms with E-state index in [1.165, 1.54) is 10.8 Å². The Bertz CT molecular complexity index is 718. The highest BCUT2D eigenvalue weighted by Crippen LogP contribution is 2.26. The van der Waals surface area contributed by atoms with Crippen LogP contribution in [0.5, 0.6) is 0 Å². The number of aromatic nitrogens is 2. The number of nitrogens with one attached hydrogen (secondary N) is 2. The maximum Gasteiger partial charge on any atom is 0.330 e. The second-order valence-electron chi connectivity index (χ2n) is 6.75. The third-order valence-electron chi connectivity index (χ3n) is 4.64. The predicted molar refractivity (Wildman–Crippen MR) is 102 cm³/mol. The monoisotopic (exact) mass is 401 g/mol. The Morgan fingerprint density at radius 2 is 2.07 bits per heavy atom. The number of aryl methyl sites for hydroxylation is 1. The van der Waals surface area contributed by atoms with E-state index in [2.05, 4.69) is 10.3 Å². The molecule has 1 aromatic rings. The Balaban J connectivity index is 1.85. The number of halogens is 1. The molecule has 8 nitrogen and oxygen atoms in total. The minimum absolute atomic E-state index is 0.104. The summed E-state index contributed by atoms with van der Waals surface area (Å²) >= 11 is 5.62. The summed E-state index contributed by atoms with van der Waals surface area (Å²) in [7, 11) is 0. The molecule has 0 bridgehead atoms. The number of ether oxygens (including phenoxy) is 1. The smallest absolute Gasteiger partial charge is 0.330 e. The minimum atomic E-state index is -0.547. The third-order valence-corrected chi connectivity index (χ3v) is 4.91. The fraction of sp³-hybridized carbons (Fsp3) is 0.722. The summed E-state index contributed by atoms with van der Waals surface area (Å²) in [6.07, 6.45) is 6.26. The molecule has 2 heterocycles. The molecule has 152 valence electrons. The van der Waals surface area contributed by atoms with Crippen molar-refractivity contribution in [1.29, 1.82) is 0 Å². The average Bonchev–Trinajstić information content (AvgIpc) is 3.13. The van der Waals surface area contributed by atoms with Gasteiger partial charge in [0.2, 0.25) is 5.91 Å². The Morgan fingerprint density at radius 1 is 1.30 bits per heavy atom. The van der Waals surface area contributed by atoms with Gasteiger partial charge < -0.3 is 15.2 Å². The molecule has 2 unspecified atom stereocenters. The van der Waals surface area contributed by atoms with Crippen molar-refractivity contribution in [2.45, 2.75) is 63.7 Å². The van der Waals surface area contributed by atoms with Gasteiger partial charge in [-0.1, -0.05) is 12.8 Å². The molecular formula is C18H28ClN3O5. The van der Waals surface area contributed by atoms with E-state index in [0.717, 1.165) is 25.7 Å². The summed E-state index contributed by atoms with van der Waals surface area (Å²) in [6, 6.07) is 0. The lowest BCUT2D eigenvalue weighted by Gasteiger charge is -2.15. The van der Waals surface area contributed by atoms with Crippen molar-refractivity contribution in [2.24, 2.45) is 0 Å². The quantitative estimate of drug-likeness (QED) is 0.379. The summed E-state index contributed by atoms with van der Waals surface area (Å²) in [5.74, 6) is 0.539. The van der Waals surface area contributed by atoms with Crippen molar-refractivity contribution in [3.8, 4) is 0 Å². The molecule has 0 aliphatic carbocycles. The zero-order chi connectivity index (χ0) is 19.6. The molecule has 0 spiro atoms. The van der Waals surface area contributed by atoms with E-state index in [-0.39, 0.29) is 31.5 Å². The Kier molecular flexibility index (Phi) is 9.03. The lowest BCUT2D eigenvalue weighted by Crippen LogP contribution is -2.35. The number of hydrogen-bond donors (Lipinski definition) is 3. The van der Waals surface area contributed by atoms with E-state index in [1.807, 2.05) is 0 Å². The summed E-state index contributed by atoms with van der Waals surface area (Å²) in [5.41, 5.74) is -0.668. The number of aromatic amines is 1. The maximum absolute atomic E-state index is 12.0. The van der Waals surface area contributed by atoms with Gasteiger partial charge in [0, 0.05) is 30.6 Å². The molecular weight excluding hydrogens is 374 g/mol. The molecule has 2 atom stereocenters. The molecule has 0 saturated carbocycles. The molecule has 0 aromatic carbocycles. The van der Waals surface area contributed by atoms with E-state index in [9.17, 15) is 14.4 Å². The normalized spacial score (nSPS) is 19.3. The number of aliphatic hydroxyl groups excluding tert-OH is 1. The van der Waals surface area contributed by atoms with Gasteiger partial charge in [-0.25, -0.2) is 4.79 Å². The number of rotatable bonds is 11. The van der Waals surface area contributed by atoms with Crippen molar-refractivity contribution in [2.75, 3.05) is 19.0 Å². The number of H-pyrrole nitrogens is 1. The highest BCUT2D eigenvalue weighted by Gasteiger charge is 2.27. The molecule has 1 aliphatic heterocycles. The van der Waals surface area contributed by atoms with Crippen molar-refractivity contribution in [1.82, 2.24) is 14.9 Å². The number of carbonyl (C=O) groups is 1. The van der Waals surface area contributed by atoms with Crippen LogP contribution in [0.1, 0.15) is 56.7 Å². The summed E-state index contributed by atoms with van der Waals surface area (Å²) in [4.78, 5) is 38.3. The Hall–Kier alpha value is -1.64. The van der Waals surface area contributed by atoms with Crippen LogP contribution in [0.3, 0.4) is 0 Å². The number of unbranched alkanes of at least 4 members (excludes halogenated alkanes) is 3. The van der Waals surface area contributed by atoms with Gasteiger partial charge in [0.15, 0.2) is 0 Å². The first-order valence-electron chi connectivity index (χ1n) is 9.48. The zero-order valence-electron chi connectivity index (χ0n) is 15.4. The molecule has 1 amide bonds. The SMILES string of the molecule is O=C(CCc1cn(C2CCC(CO)O2)c(=O)[nH]c1=O)NCCCCCCCl. The van der Waals surface area contributed by atoms with Gasteiger partial charge in [0.1, 0.15) is 6.23 Å². The first-order chi connectivity index (χ1) is 13.0. The largest absolute Gasteiger partial charge is 0.394 e. The average molecular weight is 402 g/mol. The van der Waals surface area contributed by atoms with E-state index >= 15 is 0 Å². The van der Waals surface area contributed by atoms with E-state index in [4.69, 9.17) is 21.4 Å². The predicted octanol–water partition coefficient (Wildman–Crippen LogP) is 1.05. The molecule has 3 N–H and O–H groups in total. The van der Waals surface area contributed by atoms with Crippen LogP contribution in [0, 0.1) is 0 Å². The van der Waals surface area contributed by atoms with Crippen LogP contribution in [0.4, 0.5) is 0 Å². The summed E-state index contributed by atoms with van der Waals surface area (Å²) < 4.78 is 6.93. The lowest BCUT2D eigenvalue weighted by atomic mass is 10.1. The van der Waals surface area contributed by atoms with Crippen LogP contribution in [0.2, 0.25) is 0 Å². The fourth-order valence-corrected chi connectivity index (χ4v) is 3.27. The second-order valence-corrected chi connectivity index (χ2v) is 7.12. The summed E-state index contributed by atoms with van der Waals surface area (Å²) in [5, 5.41) is 12.0. The Labute approximate surface area is 162 Å². The van der Waals surface area contributed by atoms with Gasteiger partial charge >= 0.3 is 5.69 Å². The fourth-order valence-electron chi connectivity index (χ4n) is 3.08. The second kappa shape index (κ2) is 11.3. The van der Waals surface area contributed by atoms with Crippen molar-refractivity contribution in [3.63, 3.8) is 0 Å². The number of alkyl halides is 1. The molecule has 0 radical (unpaired) electrons. The number of aliphatic hydroxyl groups is 1. The van der Waals surface area contributed by atoms with Crippen LogP contribution in [-0.4, -0.2) is 45.7 Å². The van der Waals surface area contributed by atoms with Crippen LogP contribution in [0.25, 0.3) is 0 Å². The number of hydrogen-bond acceptors (Lipinski definition) is 5. The maximum atomic E-state index is 12.0. The molecule has 1 aliphatic rings. The van der Waals surface area contributed by atoms with Gasteiger partial charge in [-0.05, 0) is 32.1 Å². The zero-order valence-corrected chi connectivity index (χ0v) is 16.2. The molecule has 1 fully saturated rings. The van der Waals surface area contributed by atoms with Gasteiger partial charge in [0.25, 0.3) is 5.56 Å². The summed E-state index contributed by atoms with van der Waals surface area (Å²) in [6.45, 7) is 0.503. The molecule has 1 saturated heterocycles. The van der Waals surface area contributed by atoms with E-state index in [1.54, 1.807) is 0 Å². The van der Waals surface area contributed by atoms with Crippen molar-refractivity contribution in [3.05, 3.63) is 32.6 Å². The third kappa shape index (κ3) is 6.79. The standard InChI is InChI=1S/C18H28ClN3O5/c19-9-3-1-2-4-10-20-15(24)7-5-13-11-22(18(26)21-17(13)25)16-8-6-14(12-23)27-16/h11,14,16,23H,1-10,12H2,(H,20,24)(H,21,25,26). The minimum Gasteiger partial charge on any atom is -0.394 e. The van der Waals surface area contributed by atoms with Crippen LogP contribution >= 0.6 is 11.6 Å². The first kappa shape index (κ1) is 21.7. The first-order valence-corrected chi connectivity index (χ1v) is 10.0. The van der Waals surface area contributed by atoms with E-state index < -0.39 is 17.5 Å².